The second-order valence-electron chi connectivity index (χ2n) is 8.05. The van der Waals surface area contributed by atoms with Crippen molar-refractivity contribution in [1.29, 1.82) is 0 Å². The monoisotopic (exact) mass is 380 g/mol. The Morgan fingerprint density at radius 1 is 1.11 bits per heavy atom. The van der Waals surface area contributed by atoms with Gasteiger partial charge in [-0.1, -0.05) is 6.92 Å². The average Bonchev–Trinajstić information content (AvgIpc) is 3.48. The van der Waals surface area contributed by atoms with Gasteiger partial charge in [-0.3, -0.25) is 19.6 Å². The highest BCUT2D eigenvalue weighted by atomic mass is 16.5. The third-order valence-electron chi connectivity index (χ3n) is 5.48. The van der Waals surface area contributed by atoms with E-state index in [1.807, 2.05) is 7.05 Å². The zero-order valence-electron chi connectivity index (χ0n) is 17.0. The van der Waals surface area contributed by atoms with Crippen LogP contribution in [0.1, 0.15) is 19.8 Å². The molecule has 27 heavy (non-hydrogen) atoms. The molecule has 3 aliphatic rings. The van der Waals surface area contributed by atoms with E-state index >= 15 is 0 Å². The summed E-state index contributed by atoms with van der Waals surface area (Å²) in [5, 5.41) is 6.61. The molecule has 8 heteroatoms. The molecular weight excluding hydrogens is 344 g/mol. The summed E-state index contributed by atoms with van der Waals surface area (Å²) in [7, 11) is 1.85. The lowest BCUT2D eigenvalue weighted by Crippen LogP contribution is -2.54. The van der Waals surface area contributed by atoms with Gasteiger partial charge in [0.25, 0.3) is 0 Å². The third-order valence-corrected chi connectivity index (χ3v) is 5.48. The minimum atomic E-state index is 0.172. The van der Waals surface area contributed by atoms with E-state index in [0.29, 0.717) is 18.5 Å². The van der Waals surface area contributed by atoms with Crippen LogP contribution >= 0.6 is 0 Å². The number of ether oxygens (including phenoxy) is 1. The summed E-state index contributed by atoms with van der Waals surface area (Å²) in [6.45, 7) is 12.2. The van der Waals surface area contributed by atoms with Crippen molar-refractivity contribution in [1.82, 2.24) is 25.3 Å². The molecule has 0 radical (unpaired) electrons. The van der Waals surface area contributed by atoms with E-state index in [1.165, 1.54) is 0 Å². The van der Waals surface area contributed by atoms with E-state index in [9.17, 15) is 4.79 Å². The van der Waals surface area contributed by atoms with Crippen molar-refractivity contribution in [2.24, 2.45) is 10.9 Å². The minimum absolute atomic E-state index is 0.172. The molecule has 2 heterocycles. The highest BCUT2D eigenvalue weighted by Crippen LogP contribution is 2.18. The van der Waals surface area contributed by atoms with Crippen LogP contribution < -0.4 is 10.6 Å². The van der Waals surface area contributed by atoms with Crippen molar-refractivity contribution in [3.63, 3.8) is 0 Å². The molecule has 2 N–H and O–H groups in total. The van der Waals surface area contributed by atoms with Gasteiger partial charge in [-0.25, -0.2) is 0 Å². The lowest BCUT2D eigenvalue weighted by molar-refractivity contribution is -0.122. The molecule has 3 fully saturated rings. The Hall–Kier alpha value is -1.38. The van der Waals surface area contributed by atoms with Gasteiger partial charge >= 0.3 is 0 Å². The van der Waals surface area contributed by atoms with Gasteiger partial charge in [0.2, 0.25) is 5.91 Å². The summed E-state index contributed by atoms with van der Waals surface area (Å²) < 4.78 is 5.42. The lowest BCUT2D eigenvalue weighted by atomic mass is 10.1. The van der Waals surface area contributed by atoms with Gasteiger partial charge in [0, 0.05) is 65.4 Å². The maximum atomic E-state index is 12.0. The van der Waals surface area contributed by atoms with Gasteiger partial charge in [-0.15, -0.1) is 0 Å². The number of carbonyl (C=O) groups is 1. The highest BCUT2D eigenvalue weighted by molar-refractivity contribution is 5.80. The molecule has 0 aromatic heterocycles. The standard InChI is InChI=1S/C19H36N6O2/c1-16(14-24-9-11-27-12-10-24)13-21-19(20-2)25-7-5-23(6-8-25)15-18(26)22-17-3-4-17/h16-17H,3-15H2,1-2H3,(H,20,21)(H,22,26). The molecule has 2 aliphatic heterocycles. The van der Waals surface area contributed by atoms with Crippen molar-refractivity contribution in [2.45, 2.75) is 25.8 Å². The topological polar surface area (TPSA) is 72.4 Å². The van der Waals surface area contributed by atoms with E-state index < -0.39 is 0 Å². The second-order valence-corrected chi connectivity index (χ2v) is 8.05. The van der Waals surface area contributed by atoms with Gasteiger partial charge < -0.3 is 20.3 Å². The molecule has 154 valence electrons. The predicted octanol–water partition coefficient (Wildman–Crippen LogP) is -0.574. The van der Waals surface area contributed by atoms with Crippen LogP contribution in [0.5, 0.6) is 0 Å². The molecule has 1 saturated carbocycles. The Kier molecular flexibility index (Phi) is 7.72. The summed E-state index contributed by atoms with van der Waals surface area (Å²) in [6, 6.07) is 0.446. The quantitative estimate of drug-likeness (QED) is 0.455. The Labute approximate surface area is 163 Å². The smallest absolute Gasteiger partial charge is 0.234 e. The van der Waals surface area contributed by atoms with Gasteiger partial charge in [-0.05, 0) is 18.8 Å². The van der Waals surface area contributed by atoms with Crippen LogP contribution in [0.15, 0.2) is 4.99 Å². The minimum Gasteiger partial charge on any atom is -0.379 e. The van der Waals surface area contributed by atoms with Crippen LogP contribution in [-0.2, 0) is 9.53 Å². The number of nitrogens with zero attached hydrogens (tertiary/aromatic N) is 4. The summed E-state index contributed by atoms with van der Waals surface area (Å²) in [5.41, 5.74) is 0. The molecule has 8 nitrogen and oxygen atoms in total. The molecule has 2 saturated heterocycles. The van der Waals surface area contributed by atoms with E-state index in [2.05, 4.69) is 37.2 Å². The summed E-state index contributed by atoms with van der Waals surface area (Å²) >= 11 is 0. The van der Waals surface area contributed by atoms with E-state index in [0.717, 1.165) is 84.4 Å². The molecule has 1 aliphatic carbocycles. The zero-order valence-corrected chi connectivity index (χ0v) is 17.0. The first-order valence-electron chi connectivity index (χ1n) is 10.4. The highest BCUT2D eigenvalue weighted by Gasteiger charge is 2.26. The SMILES string of the molecule is CN=C(NCC(C)CN1CCOCC1)N1CCN(CC(=O)NC2CC2)CC1. The molecule has 1 atom stereocenters. The Balaban J connectivity index is 1.33. The normalized spacial score (nSPS) is 23.9. The summed E-state index contributed by atoms with van der Waals surface area (Å²) in [6.07, 6.45) is 2.29. The number of aliphatic imine (C=N–C) groups is 1. The van der Waals surface area contributed by atoms with Gasteiger partial charge in [0.05, 0.1) is 19.8 Å². The second kappa shape index (κ2) is 10.2. The molecule has 0 bridgehead atoms. The fourth-order valence-electron chi connectivity index (χ4n) is 3.71. The first-order valence-corrected chi connectivity index (χ1v) is 10.4. The van der Waals surface area contributed by atoms with E-state index in [-0.39, 0.29) is 5.91 Å². The summed E-state index contributed by atoms with van der Waals surface area (Å²) in [5.74, 6) is 1.71. The van der Waals surface area contributed by atoms with Crippen molar-refractivity contribution in [3.8, 4) is 0 Å². The van der Waals surface area contributed by atoms with E-state index in [1.54, 1.807) is 0 Å². The Morgan fingerprint density at radius 2 is 1.81 bits per heavy atom. The van der Waals surface area contributed by atoms with Gasteiger partial charge in [0.15, 0.2) is 5.96 Å². The Bertz CT molecular complexity index is 496. The van der Waals surface area contributed by atoms with Crippen molar-refractivity contribution in [3.05, 3.63) is 0 Å². The molecular formula is C19H36N6O2. The Morgan fingerprint density at radius 3 is 2.44 bits per heavy atom. The number of nitrogens with one attached hydrogen (secondary N) is 2. The van der Waals surface area contributed by atoms with Crippen molar-refractivity contribution in [2.75, 3.05) is 79.2 Å². The maximum absolute atomic E-state index is 12.0. The van der Waals surface area contributed by atoms with Crippen LogP contribution in [-0.4, -0.2) is 112 Å². The van der Waals surface area contributed by atoms with Crippen LogP contribution in [0.2, 0.25) is 0 Å². The molecule has 1 unspecified atom stereocenters. The van der Waals surface area contributed by atoms with Crippen LogP contribution in [0.3, 0.4) is 0 Å². The fraction of sp³-hybridized carbons (Fsp3) is 0.895. The number of morpholine rings is 1. The fourth-order valence-corrected chi connectivity index (χ4v) is 3.71. The maximum Gasteiger partial charge on any atom is 0.234 e. The number of hydrogen-bond acceptors (Lipinski definition) is 5. The van der Waals surface area contributed by atoms with Crippen molar-refractivity contribution >= 4 is 11.9 Å². The number of carbonyl (C=O) groups excluding carboxylic acids is 1. The third kappa shape index (κ3) is 6.93. The van der Waals surface area contributed by atoms with Crippen molar-refractivity contribution < 1.29 is 9.53 Å². The van der Waals surface area contributed by atoms with Gasteiger partial charge in [0.1, 0.15) is 0 Å². The number of hydrogen-bond donors (Lipinski definition) is 2. The molecule has 3 rings (SSSR count). The zero-order chi connectivity index (χ0) is 19.1. The number of rotatable bonds is 7. The van der Waals surface area contributed by atoms with E-state index in [4.69, 9.17) is 4.74 Å². The van der Waals surface area contributed by atoms with Crippen LogP contribution in [0, 0.1) is 5.92 Å². The lowest BCUT2D eigenvalue weighted by Gasteiger charge is -2.36. The predicted molar refractivity (Wildman–Crippen MR) is 107 cm³/mol. The molecule has 1 amide bonds. The molecule has 0 spiro atoms. The van der Waals surface area contributed by atoms with Gasteiger partial charge in [-0.2, -0.15) is 0 Å². The molecule has 0 aromatic rings. The number of amides is 1. The molecule has 0 aromatic carbocycles. The number of piperazine rings is 1. The first kappa shape index (κ1) is 20.4. The summed E-state index contributed by atoms with van der Waals surface area (Å²) in [4.78, 5) is 23.4. The first-order chi connectivity index (χ1) is 13.1. The van der Waals surface area contributed by atoms with Crippen LogP contribution in [0.25, 0.3) is 0 Å². The van der Waals surface area contributed by atoms with Crippen LogP contribution in [0.4, 0.5) is 0 Å². The largest absolute Gasteiger partial charge is 0.379 e. The number of guanidine groups is 1. The average molecular weight is 381 g/mol.